The normalized spacial score (nSPS) is 20.1. The lowest BCUT2D eigenvalue weighted by Crippen LogP contribution is -1.92. The topological polar surface area (TPSA) is 9.23 Å². The van der Waals surface area contributed by atoms with Crippen molar-refractivity contribution in [3.05, 3.63) is 27.7 Å². The lowest BCUT2D eigenvalue weighted by molar-refractivity contribution is 0.410. The lowest BCUT2D eigenvalue weighted by atomic mass is 10.1. The van der Waals surface area contributed by atoms with Crippen LogP contribution in [0.4, 0.5) is 0 Å². The van der Waals surface area contributed by atoms with E-state index in [1.165, 1.54) is 11.1 Å². The Kier molecular flexibility index (Phi) is 2.52. The van der Waals surface area contributed by atoms with Gasteiger partial charge in [0, 0.05) is 4.47 Å². The molecule has 0 fully saturated rings. The number of hydrogen-bond donors (Lipinski definition) is 0. The number of rotatable bonds is 1. The standard InChI is InChI=1S/C10H10BrClO/c1-13-9-5-3-7(11)10-6(9)2-4-8(10)12/h3,5,8H,2,4H2,1H3. The van der Waals surface area contributed by atoms with E-state index in [9.17, 15) is 0 Å². The van der Waals surface area contributed by atoms with Crippen LogP contribution in [0.25, 0.3) is 0 Å². The molecule has 3 heteroatoms. The van der Waals surface area contributed by atoms with E-state index in [0.717, 1.165) is 23.1 Å². The highest BCUT2D eigenvalue weighted by atomic mass is 79.9. The molecule has 0 heterocycles. The Morgan fingerprint density at radius 1 is 1.54 bits per heavy atom. The summed E-state index contributed by atoms with van der Waals surface area (Å²) in [5.41, 5.74) is 2.47. The van der Waals surface area contributed by atoms with Crippen molar-refractivity contribution in [3.63, 3.8) is 0 Å². The molecule has 1 unspecified atom stereocenters. The first-order valence-corrected chi connectivity index (χ1v) is 5.46. The molecule has 0 aromatic heterocycles. The number of benzene rings is 1. The Hall–Kier alpha value is -0.210. The average molecular weight is 262 g/mol. The van der Waals surface area contributed by atoms with Gasteiger partial charge in [-0.1, -0.05) is 15.9 Å². The Morgan fingerprint density at radius 3 is 3.00 bits per heavy atom. The summed E-state index contributed by atoms with van der Waals surface area (Å²) in [5, 5.41) is 0.138. The van der Waals surface area contributed by atoms with Crippen molar-refractivity contribution in [2.24, 2.45) is 0 Å². The molecule has 0 bridgehead atoms. The number of ether oxygens (including phenoxy) is 1. The molecule has 0 N–H and O–H groups in total. The molecule has 1 aliphatic carbocycles. The van der Waals surface area contributed by atoms with Gasteiger partial charge in [0.1, 0.15) is 5.75 Å². The van der Waals surface area contributed by atoms with Crippen LogP contribution in [0, 0.1) is 0 Å². The maximum absolute atomic E-state index is 6.19. The minimum absolute atomic E-state index is 0.138. The molecule has 1 aliphatic rings. The molecule has 70 valence electrons. The minimum Gasteiger partial charge on any atom is -0.496 e. The van der Waals surface area contributed by atoms with E-state index in [1.54, 1.807) is 7.11 Å². The van der Waals surface area contributed by atoms with Crippen molar-refractivity contribution in [1.82, 2.24) is 0 Å². The van der Waals surface area contributed by atoms with E-state index in [0.29, 0.717) is 0 Å². The second-order valence-corrected chi connectivity index (χ2v) is 4.53. The third kappa shape index (κ3) is 1.46. The Balaban J connectivity index is 2.59. The Morgan fingerprint density at radius 2 is 2.31 bits per heavy atom. The molecular formula is C10H10BrClO. The molecule has 1 aromatic carbocycles. The van der Waals surface area contributed by atoms with Crippen LogP contribution >= 0.6 is 27.5 Å². The van der Waals surface area contributed by atoms with Crippen LogP contribution in [-0.2, 0) is 6.42 Å². The maximum atomic E-state index is 6.19. The summed E-state index contributed by atoms with van der Waals surface area (Å²) < 4.78 is 6.38. The molecule has 0 amide bonds. The molecule has 0 radical (unpaired) electrons. The summed E-state index contributed by atoms with van der Waals surface area (Å²) in [6.07, 6.45) is 2.03. The molecule has 1 nitrogen and oxygen atoms in total. The number of hydrogen-bond acceptors (Lipinski definition) is 1. The summed E-state index contributed by atoms with van der Waals surface area (Å²) in [5.74, 6) is 0.960. The zero-order valence-electron chi connectivity index (χ0n) is 7.31. The third-order valence-corrected chi connectivity index (χ3v) is 3.57. The van der Waals surface area contributed by atoms with Crippen molar-refractivity contribution in [2.75, 3.05) is 7.11 Å². The SMILES string of the molecule is COc1ccc(Br)c2c1CCC2Cl. The van der Waals surface area contributed by atoms with Gasteiger partial charge in [-0.05, 0) is 36.1 Å². The van der Waals surface area contributed by atoms with Gasteiger partial charge in [-0.15, -0.1) is 11.6 Å². The van der Waals surface area contributed by atoms with Crippen LogP contribution in [-0.4, -0.2) is 7.11 Å². The Bertz CT molecular complexity index is 338. The van der Waals surface area contributed by atoms with Crippen molar-refractivity contribution < 1.29 is 4.74 Å². The molecule has 0 spiro atoms. The largest absolute Gasteiger partial charge is 0.496 e. The number of fused-ring (bicyclic) bond motifs is 1. The molecule has 1 aromatic rings. The molecular weight excluding hydrogens is 251 g/mol. The zero-order chi connectivity index (χ0) is 9.42. The first-order valence-electron chi connectivity index (χ1n) is 4.23. The van der Waals surface area contributed by atoms with Crippen LogP contribution < -0.4 is 4.74 Å². The van der Waals surface area contributed by atoms with Crippen molar-refractivity contribution >= 4 is 27.5 Å². The average Bonchev–Trinajstić information content (AvgIpc) is 2.50. The molecule has 1 atom stereocenters. The predicted octanol–water partition coefficient (Wildman–Crippen LogP) is 3.68. The van der Waals surface area contributed by atoms with E-state index in [4.69, 9.17) is 16.3 Å². The van der Waals surface area contributed by atoms with Gasteiger partial charge < -0.3 is 4.74 Å². The fraction of sp³-hybridized carbons (Fsp3) is 0.400. The predicted molar refractivity (Wildman–Crippen MR) is 57.6 cm³/mol. The first kappa shape index (κ1) is 9.35. The molecule has 0 aliphatic heterocycles. The third-order valence-electron chi connectivity index (χ3n) is 2.44. The van der Waals surface area contributed by atoms with Gasteiger partial charge in [0.15, 0.2) is 0 Å². The van der Waals surface area contributed by atoms with Gasteiger partial charge in [-0.3, -0.25) is 0 Å². The highest BCUT2D eigenvalue weighted by Gasteiger charge is 2.25. The van der Waals surface area contributed by atoms with E-state index < -0.39 is 0 Å². The van der Waals surface area contributed by atoms with Gasteiger partial charge in [0.05, 0.1) is 12.5 Å². The minimum atomic E-state index is 0.138. The van der Waals surface area contributed by atoms with E-state index in [2.05, 4.69) is 15.9 Å². The maximum Gasteiger partial charge on any atom is 0.122 e. The van der Waals surface area contributed by atoms with Gasteiger partial charge in [-0.25, -0.2) is 0 Å². The summed E-state index contributed by atoms with van der Waals surface area (Å²) in [4.78, 5) is 0. The van der Waals surface area contributed by atoms with Gasteiger partial charge in [0.2, 0.25) is 0 Å². The van der Waals surface area contributed by atoms with Crippen molar-refractivity contribution in [1.29, 1.82) is 0 Å². The quantitative estimate of drug-likeness (QED) is 0.701. The molecule has 2 rings (SSSR count). The van der Waals surface area contributed by atoms with Crippen LogP contribution in [0.2, 0.25) is 0 Å². The smallest absolute Gasteiger partial charge is 0.122 e. The van der Waals surface area contributed by atoms with E-state index in [1.807, 2.05) is 12.1 Å². The summed E-state index contributed by atoms with van der Waals surface area (Å²) in [7, 11) is 1.70. The van der Waals surface area contributed by atoms with E-state index in [-0.39, 0.29) is 5.38 Å². The highest BCUT2D eigenvalue weighted by molar-refractivity contribution is 9.10. The number of alkyl halides is 1. The highest BCUT2D eigenvalue weighted by Crippen LogP contribution is 2.44. The number of methoxy groups -OCH3 is 1. The Labute approximate surface area is 91.2 Å². The zero-order valence-corrected chi connectivity index (χ0v) is 9.65. The summed E-state index contributed by atoms with van der Waals surface area (Å²) in [6.45, 7) is 0. The van der Waals surface area contributed by atoms with Crippen LogP contribution in [0.15, 0.2) is 16.6 Å². The molecule has 0 saturated carbocycles. The van der Waals surface area contributed by atoms with Gasteiger partial charge in [-0.2, -0.15) is 0 Å². The van der Waals surface area contributed by atoms with Crippen molar-refractivity contribution in [3.8, 4) is 5.75 Å². The second-order valence-electron chi connectivity index (χ2n) is 3.15. The fourth-order valence-corrected chi connectivity index (χ4v) is 2.96. The summed E-state index contributed by atoms with van der Waals surface area (Å²) >= 11 is 9.70. The van der Waals surface area contributed by atoms with Gasteiger partial charge >= 0.3 is 0 Å². The lowest BCUT2D eigenvalue weighted by Gasteiger charge is -2.09. The van der Waals surface area contributed by atoms with Gasteiger partial charge in [0.25, 0.3) is 0 Å². The fourth-order valence-electron chi connectivity index (χ4n) is 1.82. The molecule has 0 saturated heterocycles. The summed E-state index contributed by atoms with van der Waals surface area (Å²) in [6, 6.07) is 3.98. The number of halogens is 2. The van der Waals surface area contributed by atoms with E-state index >= 15 is 0 Å². The van der Waals surface area contributed by atoms with Crippen LogP contribution in [0.3, 0.4) is 0 Å². The second kappa shape index (κ2) is 3.50. The molecule has 13 heavy (non-hydrogen) atoms. The monoisotopic (exact) mass is 260 g/mol. The van der Waals surface area contributed by atoms with Crippen LogP contribution in [0.5, 0.6) is 5.75 Å². The van der Waals surface area contributed by atoms with Crippen molar-refractivity contribution in [2.45, 2.75) is 18.2 Å². The van der Waals surface area contributed by atoms with Crippen LogP contribution in [0.1, 0.15) is 22.9 Å². The first-order chi connectivity index (χ1) is 6.24.